The minimum atomic E-state index is -0.905. The van der Waals surface area contributed by atoms with Crippen LogP contribution in [0.1, 0.15) is 6.92 Å². The topological polar surface area (TPSA) is 9.23 Å². The van der Waals surface area contributed by atoms with Gasteiger partial charge in [-0.2, -0.15) is 4.39 Å². The molecule has 0 spiro atoms. The third kappa shape index (κ3) is 1.35. The van der Waals surface area contributed by atoms with E-state index < -0.39 is 11.6 Å². The van der Waals surface area contributed by atoms with Crippen LogP contribution in [0.15, 0.2) is 17.5 Å². The zero-order chi connectivity index (χ0) is 10.1. The number of hydrogen-bond acceptors (Lipinski definition) is 2. The normalized spacial score (nSPS) is 10.8. The lowest BCUT2D eigenvalue weighted by molar-refractivity contribution is 0.319. The van der Waals surface area contributed by atoms with Gasteiger partial charge in [0.05, 0.1) is 6.61 Å². The molecular formula is C10H8F2OS. The molecule has 0 saturated heterocycles. The van der Waals surface area contributed by atoms with Crippen molar-refractivity contribution in [2.24, 2.45) is 0 Å². The predicted molar refractivity (Wildman–Crippen MR) is 52.9 cm³/mol. The van der Waals surface area contributed by atoms with E-state index >= 15 is 0 Å². The van der Waals surface area contributed by atoms with Gasteiger partial charge in [-0.25, -0.2) is 4.39 Å². The Balaban J connectivity index is 2.73. The molecule has 0 aliphatic rings. The molecule has 2 aromatic rings. The lowest BCUT2D eigenvalue weighted by Crippen LogP contribution is -1.97. The molecule has 0 aliphatic carbocycles. The van der Waals surface area contributed by atoms with Gasteiger partial charge >= 0.3 is 0 Å². The van der Waals surface area contributed by atoms with E-state index in [1.807, 2.05) is 0 Å². The second-order valence-corrected chi connectivity index (χ2v) is 3.71. The van der Waals surface area contributed by atoms with Gasteiger partial charge in [-0.3, -0.25) is 0 Å². The maximum absolute atomic E-state index is 13.3. The van der Waals surface area contributed by atoms with Crippen molar-refractivity contribution in [2.75, 3.05) is 6.61 Å². The van der Waals surface area contributed by atoms with Crippen LogP contribution in [0.25, 0.3) is 10.1 Å². The van der Waals surface area contributed by atoms with E-state index in [0.717, 1.165) is 0 Å². The molecule has 0 amide bonds. The van der Waals surface area contributed by atoms with Gasteiger partial charge < -0.3 is 4.74 Å². The van der Waals surface area contributed by atoms with Crippen LogP contribution in [0.3, 0.4) is 0 Å². The van der Waals surface area contributed by atoms with Crippen molar-refractivity contribution < 1.29 is 13.5 Å². The van der Waals surface area contributed by atoms with Crippen molar-refractivity contribution in [1.82, 2.24) is 0 Å². The van der Waals surface area contributed by atoms with Gasteiger partial charge in [0.1, 0.15) is 0 Å². The largest absolute Gasteiger partial charge is 0.490 e. The Bertz CT molecular complexity index is 464. The van der Waals surface area contributed by atoms with Crippen LogP contribution in [0.4, 0.5) is 8.78 Å². The maximum atomic E-state index is 13.3. The second kappa shape index (κ2) is 3.53. The summed E-state index contributed by atoms with van der Waals surface area (Å²) in [5, 5.41) is 2.42. The van der Waals surface area contributed by atoms with Crippen LogP contribution in [0, 0.1) is 11.6 Å². The summed E-state index contributed by atoms with van der Waals surface area (Å²) in [5.74, 6) is -1.75. The van der Waals surface area contributed by atoms with E-state index in [4.69, 9.17) is 4.74 Å². The molecule has 1 aromatic carbocycles. The van der Waals surface area contributed by atoms with Crippen molar-refractivity contribution in [3.63, 3.8) is 0 Å². The third-order valence-corrected chi connectivity index (χ3v) is 2.76. The minimum absolute atomic E-state index is 0.0174. The molecule has 0 atom stereocenters. The van der Waals surface area contributed by atoms with Crippen LogP contribution in [0.2, 0.25) is 0 Å². The molecule has 0 aliphatic heterocycles. The van der Waals surface area contributed by atoms with E-state index in [1.54, 1.807) is 18.4 Å². The number of fused-ring (bicyclic) bond motifs is 1. The fourth-order valence-corrected chi connectivity index (χ4v) is 2.12. The van der Waals surface area contributed by atoms with Gasteiger partial charge in [-0.15, -0.1) is 11.3 Å². The molecule has 1 nitrogen and oxygen atoms in total. The number of thiophene rings is 1. The smallest absolute Gasteiger partial charge is 0.201 e. The quantitative estimate of drug-likeness (QED) is 0.742. The van der Waals surface area contributed by atoms with Gasteiger partial charge in [0.2, 0.25) is 5.82 Å². The summed E-state index contributed by atoms with van der Waals surface area (Å²) in [6.07, 6.45) is 0. The molecule has 0 radical (unpaired) electrons. The lowest BCUT2D eigenvalue weighted by atomic mass is 10.2. The van der Waals surface area contributed by atoms with Crippen LogP contribution in [-0.4, -0.2) is 6.61 Å². The first kappa shape index (κ1) is 9.40. The Labute approximate surface area is 83.9 Å². The van der Waals surface area contributed by atoms with Crippen molar-refractivity contribution in [3.05, 3.63) is 29.1 Å². The van der Waals surface area contributed by atoms with Crippen molar-refractivity contribution in [1.29, 1.82) is 0 Å². The molecular weight excluding hydrogens is 206 g/mol. The summed E-state index contributed by atoms with van der Waals surface area (Å²) in [5.41, 5.74) is 0. The van der Waals surface area contributed by atoms with Crippen LogP contribution in [0.5, 0.6) is 5.75 Å². The monoisotopic (exact) mass is 214 g/mol. The fourth-order valence-electron chi connectivity index (χ4n) is 1.31. The first-order valence-electron chi connectivity index (χ1n) is 4.22. The number of halogens is 2. The van der Waals surface area contributed by atoms with Crippen LogP contribution >= 0.6 is 11.3 Å². The standard InChI is InChI=1S/C10H8F2OS/c1-2-13-10-6-3-4-14-8(6)5-7(11)9(10)12/h3-5H,2H2,1H3. The molecule has 0 fully saturated rings. The van der Waals surface area contributed by atoms with E-state index in [9.17, 15) is 8.78 Å². The summed E-state index contributed by atoms with van der Waals surface area (Å²) in [7, 11) is 0. The highest BCUT2D eigenvalue weighted by molar-refractivity contribution is 7.17. The zero-order valence-electron chi connectivity index (χ0n) is 7.51. The SMILES string of the molecule is CCOc1c(F)c(F)cc2sccc12. The molecule has 0 N–H and O–H groups in total. The maximum Gasteiger partial charge on any atom is 0.201 e. The average Bonchev–Trinajstić information content (AvgIpc) is 2.60. The highest BCUT2D eigenvalue weighted by Crippen LogP contribution is 2.33. The Morgan fingerprint density at radius 3 is 2.93 bits per heavy atom. The number of rotatable bonds is 2. The van der Waals surface area contributed by atoms with Gasteiger partial charge in [-0.05, 0) is 24.4 Å². The van der Waals surface area contributed by atoms with E-state index in [2.05, 4.69) is 0 Å². The van der Waals surface area contributed by atoms with Crippen molar-refractivity contribution >= 4 is 21.4 Å². The van der Waals surface area contributed by atoms with Crippen LogP contribution in [-0.2, 0) is 0 Å². The molecule has 14 heavy (non-hydrogen) atoms. The molecule has 0 bridgehead atoms. The second-order valence-electron chi connectivity index (χ2n) is 2.77. The van der Waals surface area contributed by atoms with Gasteiger partial charge in [0.15, 0.2) is 11.6 Å². The fraction of sp³-hybridized carbons (Fsp3) is 0.200. The average molecular weight is 214 g/mol. The van der Waals surface area contributed by atoms with Crippen LogP contribution < -0.4 is 4.74 Å². The molecule has 1 heterocycles. The van der Waals surface area contributed by atoms with E-state index in [-0.39, 0.29) is 5.75 Å². The van der Waals surface area contributed by atoms with E-state index in [1.165, 1.54) is 17.4 Å². The van der Waals surface area contributed by atoms with Gasteiger partial charge in [0.25, 0.3) is 0 Å². The Morgan fingerprint density at radius 1 is 1.43 bits per heavy atom. The first-order chi connectivity index (χ1) is 6.74. The Kier molecular flexibility index (Phi) is 2.37. The summed E-state index contributed by atoms with van der Waals surface area (Å²) in [6, 6.07) is 2.92. The summed E-state index contributed by atoms with van der Waals surface area (Å²) < 4.78 is 32.1. The molecule has 0 unspecified atom stereocenters. The summed E-state index contributed by atoms with van der Waals surface area (Å²) >= 11 is 1.36. The lowest BCUT2D eigenvalue weighted by Gasteiger charge is -2.06. The summed E-state index contributed by atoms with van der Waals surface area (Å²) in [6.45, 7) is 2.06. The van der Waals surface area contributed by atoms with Gasteiger partial charge in [-0.1, -0.05) is 0 Å². The Morgan fingerprint density at radius 2 is 2.21 bits per heavy atom. The number of hydrogen-bond donors (Lipinski definition) is 0. The third-order valence-electron chi connectivity index (χ3n) is 1.90. The van der Waals surface area contributed by atoms with E-state index in [0.29, 0.717) is 16.7 Å². The predicted octanol–water partition coefficient (Wildman–Crippen LogP) is 3.58. The van der Waals surface area contributed by atoms with Crippen molar-refractivity contribution in [2.45, 2.75) is 6.92 Å². The zero-order valence-corrected chi connectivity index (χ0v) is 8.33. The highest BCUT2D eigenvalue weighted by Gasteiger charge is 2.14. The summed E-state index contributed by atoms with van der Waals surface area (Å²) in [4.78, 5) is 0. The molecule has 4 heteroatoms. The minimum Gasteiger partial charge on any atom is -0.490 e. The van der Waals surface area contributed by atoms with Crippen molar-refractivity contribution in [3.8, 4) is 5.75 Å². The highest BCUT2D eigenvalue weighted by atomic mass is 32.1. The molecule has 2 rings (SSSR count). The Hall–Kier alpha value is -1.16. The first-order valence-corrected chi connectivity index (χ1v) is 5.10. The number of benzene rings is 1. The molecule has 1 aromatic heterocycles. The number of ether oxygens (including phenoxy) is 1. The van der Waals surface area contributed by atoms with Gasteiger partial charge in [0, 0.05) is 10.1 Å². The molecule has 0 saturated carbocycles. The molecule has 74 valence electrons.